The van der Waals surface area contributed by atoms with Crippen LogP contribution in [0.2, 0.25) is 10.0 Å². The number of hydrogen-bond acceptors (Lipinski definition) is 6. The SMILES string of the molecule is O=C(COc1ccc(/C=C2\SC(=S)N(Cc3ccco3)C2=O)cc1)Nc1cccc(Cl)c1Cl. The Bertz CT molecular complexity index is 1230. The summed E-state index contributed by atoms with van der Waals surface area (Å²) in [6, 6.07) is 15.6. The molecule has 1 saturated heterocycles. The van der Waals surface area contributed by atoms with Gasteiger partial charge < -0.3 is 14.5 Å². The molecule has 0 bridgehead atoms. The summed E-state index contributed by atoms with van der Waals surface area (Å²) in [7, 11) is 0. The first-order chi connectivity index (χ1) is 15.9. The van der Waals surface area contributed by atoms with Crippen molar-refractivity contribution in [1.29, 1.82) is 0 Å². The van der Waals surface area contributed by atoms with Crippen molar-refractivity contribution in [2.45, 2.75) is 6.54 Å². The number of ether oxygens (including phenoxy) is 1. The lowest BCUT2D eigenvalue weighted by Crippen LogP contribution is -2.27. The van der Waals surface area contributed by atoms with Gasteiger partial charge in [0.15, 0.2) is 6.61 Å². The first-order valence-electron chi connectivity index (χ1n) is 9.65. The van der Waals surface area contributed by atoms with E-state index >= 15 is 0 Å². The highest BCUT2D eigenvalue weighted by molar-refractivity contribution is 8.26. The van der Waals surface area contributed by atoms with Gasteiger partial charge in [-0.25, -0.2) is 0 Å². The van der Waals surface area contributed by atoms with E-state index in [-0.39, 0.29) is 23.4 Å². The smallest absolute Gasteiger partial charge is 0.266 e. The Morgan fingerprint density at radius 2 is 1.94 bits per heavy atom. The van der Waals surface area contributed by atoms with Gasteiger partial charge in [-0.1, -0.05) is 65.4 Å². The van der Waals surface area contributed by atoms with Crippen molar-refractivity contribution in [3.63, 3.8) is 0 Å². The van der Waals surface area contributed by atoms with Crippen molar-refractivity contribution in [2.75, 3.05) is 11.9 Å². The Balaban J connectivity index is 1.34. The largest absolute Gasteiger partial charge is 0.484 e. The van der Waals surface area contributed by atoms with Gasteiger partial charge in [-0.3, -0.25) is 14.5 Å². The van der Waals surface area contributed by atoms with E-state index in [0.29, 0.717) is 38.0 Å². The van der Waals surface area contributed by atoms with Crippen LogP contribution in [0, 0.1) is 0 Å². The Labute approximate surface area is 209 Å². The van der Waals surface area contributed by atoms with Gasteiger partial charge in [0.05, 0.1) is 33.4 Å². The molecule has 1 N–H and O–H groups in total. The number of benzene rings is 2. The number of thiocarbonyl (C=S) groups is 1. The minimum absolute atomic E-state index is 0.168. The fourth-order valence-electron chi connectivity index (χ4n) is 2.94. The third-order valence-electron chi connectivity index (χ3n) is 4.54. The van der Waals surface area contributed by atoms with Gasteiger partial charge in [-0.05, 0) is 48.0 Å². The number of nitrogens with one attached hydrogen (secondary N) is 1. The molecule has 2 amide bonds. The standard InChI is InChI=1S/C23H16Cl2N2O4S2/c24-17-4-1-5-18(21(17)25)26-20(28)13-31-15-8-6-14(7-9-15)11-19-22(29)27(23(32)33-19)12-16-3-2-10-30-16/h1-11H,12-13H2,(H,26,28)/b19-11-. The maximum absolute atomic E-state index is 12.7. The van der Waals surface area contributed by atoms with Gasteiger partial charge in [0.25, 0.3) is 11.8 Å². The van der Waals surface area contributed by atoms with Crippen molar-refractivity contribution in [1.82, 2.24) is 4.90 Å². The van der Waals surface area contributed by atoms with E-state index in [2.05, 4.69) is 5.32 Å². The van der Waals surface area contributed by atoms with Crippen LogP contribution in [-0.4, -0.2) is 27.6 Å². The summed E-state index contributed by atoms with van der Waals surface area (Å²) in [5.41, 5.74) is 1.22. The van der Waals surface area contributed by atoms with E-state index < -0.39 is 0 Å². The molecule has 3 aromatic rings. The number of anilines is 1. The van der Waals surface area contributed by atoms with E-state index in [1.165, 1.54) is 16.7 Å². The summed E-state index contributed by atoms with van der Waals surface area (Å²) in [5.74, 6) is 0.627. The molecule has 1 fully saturated rings. The summed E-state index contributed by atoms with van der Waals surface area (Å²) >= 11 is 18.6. The Morgan fingerprint density at radius 3 is 2.67 bits per heavy atom. The molecule has 2 aromatic carbocycles. The first-order valence-corrected chi connectivity index (χ1v) is 11.6. The maximum atomic E-state index is 12.7. The number of amides is 2. The monoisotopic (exact) mass is 518 g/mol. The highest BCUT2D eigenvalue weighted by Crippen LogP contribution is 2.34. The summed E-state index contributed by atoms with van der Waals surface area (Å²) in [5, 5.41) is 3.28. The van der Waals surface area contributed by atoms with E-state index in [9.17, 15) is 9.59 Å². The van der Waals surface area contributed by atoms with Crippen LogP contribution in [0.15, 0.2) is 70.2 Å². The molecule has 0 aliphatic carbocycles. The highest BCUT2D eigenvalue weighted by Gasteiger charge is 2.32. The Hall–Kier alpha value is -2.78. The summed E-state index contributed by atoms with van der Waals surface area (Å²) in [6.07, 6.45) is 3.32. The molecule has 0 spiro atoms. The van der Waals surface area contributed by atoms with E-state index in [0.717, 1.165) is 5.56 Å². The number of carbonyl (C=O) groups excluding carboxylic acids is 2. The zero-order valence-corrected chi connectivity index (χ0v) is 20.1. The van der Waals surface area contributed by atoms with E-state index in [1.54, 1.807) is 66.9 Å². The molecule has 6 nitrogen and oxygen atoms in total. The van der Waals surface area contributed by atoms with Crippen LogP contribution >= 0.6 is 47.2 Å². The lowest BCUT2D eigenvalue weighted by molar-refractivity contribution is -0.122. The van der Waals surface area contributed by atoms with Crippen LogP contribution in [0.3, 0.4) is 0 Å². The predicted octanol–water partition coefficient (Wildman–Crippen LogP) is 6.01. The second-order valence-electron chi connectivity index (χ2n) is 6.85. The summed E-state index contributed by atoms with van der Waals surface area (Å²) in [6.45, 7) is 0.0951. The number of hydrogen-bond donors (Lipinski definition) is 1. The molecule has 1 aliphatic rings. The van der Waals surface area contributed by atoms with Gasteiger partial charge in [0, 0.05) is 0 Å². The quantitative estimate of drug-likeness (QED) is 0.305. The lowest BCUT2D eigenvalue weighted by atomic mass is 10.2. The van der Waals surface area contributed by atoms with Gasteiger partial charge in [-0.15, -0.1) is 0 Å². The van der Waals surface area contributed by atoms with Crippen molar-refractivity contribution in [3.8, 4) is 5.75 Å². The molecule has 33 heavy (non-hydrogen) atoms. The topological polar surface area (TPSA) is 71.8 Å². The van der Waals surface area contributed by atoms with Crippen LogP contribution in [-0.2, 0) is 16.1 Å². The molecule has 1 aromatic heterocycles. The molecular weight excluding hydrogens is 503 g/mol. The molecule has 0 saturated carbocycles. The summed E-state index contributed by atoms with van der Waals surface area (Å²) < 4.78 is 11.3. The number of furan rings is 1. The summed E-state index contributed by atoms with van der Waals surface area (Å²) in [4.78, 5) is 26.9. The van der Waals surface area contributed by atoms with Crippen molar-refractivity contribution in [2.24, 2.45) is 0 Å². The highest BCUT2D eigenvalue weighted by atomic mass is 35.5. The van der Waals surface area contributed by atoms with E-state index in [1.807, 2.05) is 0 Å². The molecule has 0 unspecified atom stereocenters. The first kappa shape index (κ1) is 23.4. The Morgan fingerprint density at radius 1 is 1.15 bits per heavy atom. The fourth-order valence-corrected chi connectivity index (χ4v) is 4.54. The molecule has 1 aliphatic heterocycles. The average Bonchev–Trinajstić information content (AvgIpc) is 3.41. The average molecular weight is 519 g/mol. The zero-order valence-electron chi connectivity index (χ0n) is 16.9. The normalized spacial score (nSPS) is 14.7. The fraction of sp³-hybridized carbons (Fsp3) is 0.0870. The lowest BCUT2D eigenvalue weighted by Gasteiger charge is -2.12. The maximum Gasteiger partial charge on any atom is 0.266 e. The van der Waals surface area contributed by atoms with Gasteiger partial charge in [0.1, 0.15) is 15.8 Å². The van der Waals surface area contributed by atoms with Crippen LogP contribution in [0.5, 0.6) is 5.75 Å². The number of halogens is 2. The molecule has 10 heteroatoms. The third-order valence-corrected chi connectivity index (χ3v) is 6.74. The van der Waals surface area contributed by atoms with Crippen molar-refractivity contribution in [3.05, 3.63) is 87.1 Å². The minimum Gasteiger partial charge on any atom is -0.484 e. The van der Waals surface area contributed by atoms with Crippen LogP contribution in [0.4, 0.5) is 5.69 Å². The molecule has 0 radical (unpaired) electrons. The second kappa shape index (κ2) is 10.4. The van der Waals surface area contributed by atoms with Gasteiger partial charge in [0.2, 0.25) is 0 Å². The zero-order chi connectivity index (χ0) is 23.4. The number of thioether (sulfide) groups is 1. The minimum atomic E-state index is -0.372. The Kier molecular flexibility index (Phi) is 7.39. The number of nitrogens with zero attached hydrogens (tertiary/aromatic N) is 1. The second-order valence-corrected chi connectivity index (χ2v) is 9.32. The molecule has 4 rings (SSSR count). The van der Waals surface area contributed by atoms with Crippen LogP contribution in [0.25, 0.3) is 6.08 Å². The predicted molar refractivity (Wildman–Crippen MR) is 134 cm³/mol. The van der Waals surface area contributed by atoms with Crippen LogP contribution < -0.4 is 10.1 Å². The van der Waals surface area contributed by atoms with Crippen molar-refractivity contribution >= 4 is 75.1 Å². The molecule has 168 valence electrons. The third kappa shape index (κ3) is 5.78. The van der Waals surface area contributed by atoms with Crippen molar-refractivity contribution < 1.29 is 18.7 Å². The number of rotatable bonds is 7. The van der Waals surface area contributed by atoms with Gasteiger partial charge in [-0.2, -0.15) is 0 Å². The van der Waals surface area contributed by atoms with Crippen LogP contribution in [0.1, 0.15) is 11.3 Å². The molecular formula is C23H16Cl2N2O4S2. The van der Waals surface area contributed by atoms with E-state index in [4.69, 9.17) is 44.6 Å². The van der Waals surface area contributed by atoms with Gasteiger partial charge >= 0.3 is 0 Å². The molecule has 0 atom stereocenters. The molecule has 2 heterocycles. The number of carbonyl (C=O) groups is 2.